The molecule has 0 aromatic carbocycles. The number of aromatic nitrogens is 1. The maximum Gasteiger partial charge on any atom is 0.278 e. The van der Waals surface area contributed by atoms with Crippen molar-refractivity contribution in [1.82, 2.24) is 4.37 Å². The van der Waals surface area contributed by atoms with Crippen LogP contribution in [-0.4, -0.2) is 10.4 Å². The van der Waals surface area contributed by atoms with Crippen LogP contribution in [0.3, 0.4) is 0 Å². The number of nitriles is 1. The molecule has 1 aromatic heterocycles. The van der Waals surface area contributed by atoms with Gasteiger partial charge in [-0.05, 0) is 24.4 Å². The lowest BCUT2D eigenvalue weighted by Gasteiger charge is -2.16. The highest BCUT2D eigenvalue weighted by molar-refractivity contribution is 7.10. The van der Waals surface area contributed by atoms with Crippen molar-refractivity contribution in [3.8, 4) is 6.07 Å². The predicted molar refractivity (Wildman–Crippen MR) is 57.6 cm³/mol. The fraction of sp³-hybridized carbons (Fsp3) is 0.556. The largest absolute Gasteiger partial charge is 0.372 e. The van der Waals surface area contributed by atoms with Crippen molar-refractivity contribution >= 4 is 16.5 Å². The monoisotopic (exact) mass is 211 g/mol. The van der Waals surface area contributed by atoms with Gasteiger partial charge in [0.1, 0.15) is 11.1 Å². The molecule has 14 heavy (non-hydrogen) atoms. The van der Waals surface area contributed by atoms with Crippen LogP contribution in [0.2, 0.25) is 0 Å². The van der Waals surface area contributed by atoms with Gasteiger partial charge in [0.2, 0.25) is 0 Å². The van der Waals surface area contributed by atoms with E-state index in [1.165, 1.54) is 11.5 Å². The molecule has 0 saturated heterocycles. The first kappa shape index (κ1) is 10.8. The Balaban J connectivity index is 2.88. The second kappa shape index (κ2) is 4.29. The van der Waals surface area contributed by atoms with Crippen molar-refractivity contribution in [2.24, 2.45) is 5.92 Å². The first-order valence-corrected chi connectivity index (χ1v) is 5.26. The maximum absolute atomic E-state index is 11.1. The van der Waals surface area contributed by atoms with E-state index < -0.39 is 0 Å². The highest BCUT2D eigenvalue weighted by Crippen LogP contribution is 2.18. The fourth-order valence-corrected chi connectivity index (χ4v) is 1.66. The quantitative estimate of drug-likeness (QED) is 0.800. The molecule has 0 aliphatic carbocycles. The number of hydrogen-bond acceptors (Lipinski definition) is 4. The average Bonchev–Trinajstić information content (AvgIpc) is 2.46. The maximum atomic E-state index is 11.1. The standard InChI is InChI=1S/C9H13N3OS/c1-5(2)6(3)11-9-7(4-10)8(13)12-14-9/h5-6,11H,1-3H3,(H,12,13). The molecule has 1 rings (SSSR count). The average molecular weight is 211 g/mol. The third-order valence-corrected chi connectivity index (χ3v) is 2.98. The molecule has 76 valence electrons. The molecule has 1 unspecified atom stereocenters. The van der Waals surface area contributed by atoms with Crippen LogP contribution in [0.5, 0.6) is 0 Å². The third-order valence-electron chi connectivity index (χ3n) is 2.17. The zero-order valence-electron chi connectivity index (χ0n) is 8.42. The molecule has 0 fully saturated rings. The molecule has 0 radical (unpaired) electrons. The molecule has 1 aromatic rings. The van der Waals surface area contributed by atoms with Gasteiger partial charge in [-0.2, -0.15) is 5.26 Å². The van der Waals surface area contributed by atoms with Gasteiger partial charge in [-0.1, -0.05) is 13.8 Å². The van der Waals surface area contributed by atoms with Gasteiger partial charge < -0.3 is 5.32 Å². The van der Waals surface area contributed by atoms with Crippen molar-refractivity contribution in [2.75, 3.05) is 5.32 Å². The number of aromatic amines is 1. The minimum absolute atomic E-state index is 0.183. The summed E-state index contributed by atoms with van der Waals surface area (Å²) in [5.74, 6) is 0.457. The van der Waals surface area contributed by atoms with Crippen LogP contribution in [0, 0.1) is 17.2 Å². The van der Waals surface area contributed by atoms with E-state index in [1.807, 2.05) is 13.0 Å². The second-order valence-corrected chi connectivity index (χ2v) is 4.34. The van der Waals surface area contributed by atoms with Gasteiger partial charge in [0.05, 0.1) is 0 Å². The molecule has 0 amide bonds. The molecular formula is C9H13N3OS. The van der Waals surface area contributed by atoms with Crippen molar-refractivity contribution in [3.63, 3.8) is 0 Å². The lowest BCUT2D eigenvalue weighted by molar-refractivity contribution is 0.561. The van der Waals surface area contributed by atoms with E-state index in [0.717, 1.165) is 0 Å². The van der Waals surface area contributed by atoms with Crippen LogP contribution in [-0.2, 0) is 0 Å². The smallest absolute Gasteiger partial charge is 0.278 e. The number of nitrogens with zero attached hydrogens (tertiary/aromatic N) is 1. The third kappa shape index (κ3) is 2.15. The predicted octanol–water partition coefficient (Wildman–Crippen LogP) is 1.76. The van der Waals surface area contributed by atoms with Crippen molar-refractivity contribution < 1.29 is 0 Å². The van der Waals surface area contributed by atoms with E-state index in [1.54, 1.807) is 0 Å². The summed E-state index contributed by atoms with van der Waals surface area (Å²) in [6, 6.07) is 2.14. The number of nitrogens with one attached hydrogen (secondary N) is 2. The molecule has 0 aliphatic rings. The number of H-pyrrole nitrogens is 1. The van der Waals surface area contributed by atoms with Crippen molar-refractivity contribution in [3.05, 3.63) is 15.9 Å². The first-order valence-electron chi connectivity index (χ1n) is 4.44. The Hall–Kier alpha value is -1.28. The van der Waals surface area contributed by atoms with Crippen LogP contribution in [0.15, 0.2) is 4.79 Å². The minimum atomic E-state index is -0.309. The summed E-state index contributed by atoms with van der Waals surface area (Å²) >= 11 is 1.18. The zero-order valence-corrected chi connectivity index (χ0v) is 9.23. The lowest BCUT2D eigenvalue weighted by Crippen LogP contribution is -2.21. The molecule has 2 N–H and O–H groups in total. The first-order chi connectivity index (χ1) is 6.56. The molecular weight excluding hydrogens is 198 g/mol. The Bertz CT molecular complexity index is 399. The molecule has 0 aliphatic heterocycles. The van der Waals surface area contributed by atoms with Gasteiger partial charge in [0, 0.05) is 6.04 Å². The Kier molecular flexibility index (Phi) is 3.31. The lowest BCUT2D eigenvalue weighted by atomic mass is 10.1. The normalized spacial score (nSPS) is 12.5. The van der Waals surface area contributed by atoms with E-state index in [4.69, 9.17) is 5.26 Å². The van der Waals surface area contributed by atoms with Crippen LogP contribution < -0.4 is 10.9 Å². The van der Waals surface area contributed by atoms with Gasteiger partial charge >= 0.3 is 0 Å². The second-order valence-electron chi connectivity index (χ2n) is 3.53. The summed E-state index contributed by atoms with van der Waals surface area (Å²) in [7, 11) is 0. The molecule has 5 heteroatoms. The Labute approximate surface area is 86.7 Å². The van der Waals surface area contributed by atoms with E-state index in [-0.39, 0.29) is 17.2 Å². The molecule has 0 spiro atoms. The van der Waals surface area contributed by atoms with Crippen molar-refractivity contribution in [1.29, 1.82) is 5.26 Å². The minimum Gasteiger partial charge on any atom is -0.372 e. The van der Waals surface area contributed by atoms with Crippen molar-refractivity contribution in [2.45, 2.75) is 26.8 Å². The number of hydrogen-bond donors (Lipinski definition) is 2. The summed E-state index contributed by atoms with van der Waals surface area (Å²) in [6.07, 6.45) is 0. The number of anilines is 1. The Morgan fingerprint density at radius 3 is 2.64 bits per heavy atom. The van der Waals surface area contributed by atoms with Gasteiger partial charge in [-0.25, -0.2) is 0 Å². The van der Waals surface area contributed by atoms with Gasteiger partial charge in [0.15, 0.2) is 5.56 Å². The van der Waals surface area contributed by atoms with Crippen LogP contribution in [0.25, 0.3) is 0 Å². The van der Waals surface area contributed by atoms with E-state index in [9.17, 15) is 4.79 Å². The summed E-state index contributed by atoms with van der Waals surface area (Å²) < 4.78 is 2.53. The fourth-order valence-electron chi connectivity index (χ4n) is 0.879. The Morgan fingerprint density at radius 1 is 1.50 bits per heavy atom. The van der Waals surface area contributed by atoms with E-state index in [0.29, 0.717) is 10.9 Å². The highest BCUT2D eigenvalue weighted by Gasteiger charge is 2.13. The van der Waals surface area contributed by atoms with Crippen LogP contribution >= 0.6 is 11.5 Å². The molecule has 1 atom stereocenters. The molecule has 0 bridgehead atoms. The number of rotatable bonds is 3. The van der Waals surface area contributed by atoms with Crippen LogP contribution in [0.4, 0.5) is 5.00 Å². The topological polar surface area (TPSA) is 68.7 Å². The summed E-state index contributed by atoms with van der Waals surface area (Å²) in [4.78, 5) is 11.1. The van der Waals surface area contributed by atoms with Gasteiger partial charge in [-0.15, -0.1) is 0 Å². The highest BCUT2D eigenvalue weighted by atomic mass is 32.1. The van der Waals surface area contributed by atoms with E-state index >= 15 is 0 Å². The molecule has 4 nitrogen and oxygen atoms in total. The van der Waals surface area contributed by atoms with Crippen LogP contribution in [0.1, 0.15) is 26.3 Å². The summed E-state index contributed by atoms with van der Waals surface area (Å²) in [6.45, 7) is 6.19. The Morgan fingerprint density at radius 2 is 2.14 bits per heavy atom. The van der Waals surface area contributed by atoms with Gasteiger partial charge in [0.25, 0.3) is 5.56 Å². The summed E-state index contributed by atoms with van der Waals surface area (Å²) in [5.41, 5.74) is -0.126. The van der Waals surface area contributed by atoms with E-state index in [2.05, 4.69) is 23.5 Å². The molecule has 0 saturated carbocycles. The summed E-state index contributed by atoms with van der Waals surface area (Å²) in [5, 5.41) is 12.5. The van der Waals surface area contributed by atoms with Gasteiger partial charge in [-0.3, -0.25) is 9.17 Å². The SMILES string of the molecule is CC(C)C(C)Nc1s[nH]c(=O)c1C#N. The molecule has 1 heterocycles. The zero-order chi connectivity index (χ0) is 10.7.